The smallest absolute Gasteiger partial charge is 0.407 e. The van der Waals surface area contributed by atoms with Crippen molar-refractivity contribution in [3.05, 3.63) is 93.5 Å². The van der Waals surface area contributed by atoms with E-state index in [1.807, 2.05) is 42.5 Å². The fourth-order valence-corrected chi connectivity index (χ4v) is 5.29. The zero-order valence-electron chi connectivity index (χ0n) is 16.4. The summed E-state index contributed by atoms with van der Waals surface area (Å²) in [4.78, 5) is 12.8. The quantitative estimate of drug-likeness (QED) is 0.564. The molecule has 0 saturated heterocycles. The Hall–Kier alpha value is -2.63. The van der Waals surface area contributed by atoms with Crippen molar-refractivity contribution in [3.8, 4) is 11.1 Å². The highest BCUT2D eigenvalue weighted by atomic mass is 79.9. The predicted octanol–water partition coefficient (Wildman–Crippen LogP) is 5.12. The SMILES string of the molecule is O=C(NC1(CO)CCc2cc(Br)ccc21)OCC1c2ccccc2-c2ccccc21. The Balaban J connectivity index is 1.34. The van der Waals surface area contributed by atoms with Gasteiger partial charge < -0.3 is 15.2 Å². The number of amides is 1. The molecule has 0 saturated carbocycles. The Morgan fingerprint density at radius 1 is 1.07 bits per heavy atom. The van der Waals surface area contributed by atoms with Gasteiger partial charge >= 0.3 is 6.09 Å². The Morgan fingerprint density at radius 3 is 2.40 bits per heavy atom. The number of aryl methyl sites for hydroxylation is 1. The summed E-state index contributed by atoms with van der Waals surface area (Å²) in [6.07, 6.45) is 0.958. The first-order valence-electron chi connectivity index (χ1n) is 10.1. The number of aliphatic hydroxyl groups excluding tert-OH is 1. The molecule has 0 bridgehead atoms. The highest BCUT2D eigenvalue weighted by molar-refractivity contribution is 9.10. The van der Waals surface area contributed by atoms with Gasteiger partial charge in [0.15, 0.2) is 0 Å². The van der Waals surface area contributed by atoms with Crippen LogP contribution in [-0.2, 0) is 16.7 Å². The molecule has 3 aromatic rings. The van der Waals surface area contributed by atoms with Crippen LogP contribution in [0.3, 0.4) is 0 Å². The van der Waals surface area contributed by atoms with E-state index >= 15 is 0 Å². The molecule has 2 N–H and O–H groups in total. The lowest BCUT2D eigenvalue weighted by molar-refractivity contribution is 0.108. The van der Waals surface area contributed by atoms with Gasteiger partial charge in [-0.15, -0.1) is 0 Å². The second kappa shape index (κ2) is 7.56. The Morgan fingerprint density at radius 2 is 1.73 bits per heavy atom. The van der Waals surface area contributed by atoms with Crippen LogP contribution in [0.5, 0.6) is 0 Å². The fourth-order valence-electron chi connectivity index (χ4n) is 4.88. The zero-order valence-corrected chi connectivity index (χ0v) is 18.0. The van der Waals surface area contributed by atoms with Crippen molar-refractivity contribution >= 4 is 22.0 Å². The molecule has 152 valence electrons. The van der Waals surface area contributed by atoms with Crippen LogP contribution in [0.2, 0.25) is 0 Å². The number of hydrogen-bond acceptors (Lipinski definition) is 3. The third-order valence-corrected chi connectivity index (χ3v) is 6.85. The molecule has 30 heavy (non-hydrogen) atoms. The second-order valence-corrected chi connectivity index (χ2v) is 8.91. The van der Waals surface area contributed by atoms with Gasteiger partial charge in [-0.3, -0.25) is 0 Å². The molecule has 2 aliphatic carbocycles. The molecule has 0 aliphatic heterocycles. The summed E-state index contributed by atoms with van der Waals surface area (Å²) in [7, 11) is 0. The van der Waals surface area contributed by atoms with Crippen LogP contribution in [0, 0.1) is 0 Å². The molecule has 1 unspecified atom stereocenters. The largest absolute Gasteiger partial charge is 0.449 e. The first kappa shape index (κ1) is 19.3. The molecule has 1 atom stereocenters. The molecule has 0 spiro atoms. The van der Waals surface area contributed by atoms with Gasteiger partial charge in [0, 0.05) is 10.4 Å². The van der Waals surface area contributed by atoms with Gasteiger partial charge in [-0.1, -0.05) is 70.5 Å². The van der Waals surface area contributed by atoms with Gasteiger partial charge in [0.2, 0.25) is 0 Å². The van der Waals surface area contributed by atoms with Crippen LogP contribution < -0.4 is 5.32 Å². The van der Waals surface area contributed by atoms with Crippen molar-refractivity contribution in [1.82, 2.24) is 5.32 Å². The number of alkyl carbamates (subject to hydrolysis) is 1. The number of hydrogen-bond donors (Lipinski definition) is 2. The number of carbonyl (C=O) groups is 1. The molecule has 4 nitrogen and oxygen atoms in total. The molecular weight excluding hydrogens is 442 g/mol. The summed E-state index contributed by atoms with van der Waals surface area (Å²) in [6, 6.07) is 22.5. The summed E-state index contributed by atoms with van der Waals surface area (Å²) in [5.41, 5.74) is 6.06. The van der Waals surface area contributed by atoms with Gasteiger partial charge in [0.25, 0.3) is 0 Å². The van der Waals surface area contributed by atoms with E-state index in [0.29, 0.717) is 6.42 Å². The van der Waals surface area contributed by atoms with Crippen molar-refractivity contribution in [2.24, 2.45) is 0 Å². The summed E-state index contributed by atoms with van der Waals surface area (Å²) in [6.45, 7) is 0.0976. The number of benzene rings is 3. The average Bonchev–Trinajstić information content (AvgIpc) is 3.28. The van der Waals surface area contributed by atoms with E-state index in [0.717, 1.165) is 22.0 Å². The number of nitrogens with one attached hydrogen (secondary N) is 1. The summed E-state index contributed by atoms with van der Waals surface area (Å²) < 4.78 is 6.69. The molecule has 5 rings (SSSR count). The molecule has 1 amide bonds. The Kier molecular flexibility index (Phi) is 4.88. The van der Waals surface area contributed by atoms with Crippen LogP contribution in [0.1, 0.15) is 34.6 Å². The third-order valence-electron chi connectivity index (χ3n) is 6.36. The van der Waals surface area contributed by atoms with Crippen LogP contribution in [0.25, 0.3) is 11.1 Å². The van der Waals surface area contributed by atoms with Crippen LogP contribution in [-0.4, -0.2) is 24.4 Å². The van der Waals surface area contributed by atoms with E-state index in [4.69, 9.17) is 4.74 Å². The highest BCUT2D eigenvalue weighted by Gasteiger charge is 2.40. The van der Waals surface area contributed by atoms with Crippen molar-refractivity contribution in [2.75, 3.05) is 13.2 Å². The van der Waals surface area contributed by atoms with Gasteiger partial charge in [0.1, 0.15) is 6.61 Å². The summed E-state index contributed by atoms with van der Waals surface area (Å²) >= 11 is 3.49. The number of fused-ring (bicyclic) bond motifs is 4. The minimum Gasteiger partial charge on any atom is -0.449 e. The topological polar surface area (TPSA) is 58.6 Å². The second-order valence-electron chi connectivity index (χ2n) is 7.99. The first-order valence-corrected chi connectivity index (χ1v) is 10.9. The monoisotopic (exact) mass is 463 g/mol. The molecule has 5 heteroatoms. The molecule has 2 aliphatic rings. The minimum atomic E-state index is -0.793. The van der Waals surface area contributed by atoms with E-state index in [9.17, 15) is 9.90 Å². The van der Waals surface area contributed by atoms with E-state index in [1.54, 1.807) is 0 Å². The number of aliphatic hydroxyl groups is 1. The fraction of sp³-hybridized carbons (Fsp3) is 0.240. The van der Waals surface area contributed by atoms with Crippen molar-refractivity contribution in [2.45, 2.75) is 24.3 Å². The van der Waals surface area contributed by atoms with E-state index in [-0.39, 0.29) is 19.1 Å². The van der Waals surface area contributed by atoms with Gasteiger partial charge in [-0.2, -0.15) is 0 Å². The number of rotatable bonds is 4. The Labute approximate surface area is 184 Å². The highest BCUT2D eigenvalue weighted by Crippen LogP contribution is 2.44. The normalized spacial score (nSPS) is 19.1. The zero-order chi connectivity index (χ0) is 20.7. The minimum absolute atomic E-state index is 0.0139. The average molecular weight is 464 g/mol. The van der Waals surface area contributed by atoms with Crippen molar-refractivity contribution in [3.63, 3.8) is 0 Å². The lowest BCUT2D eigenvalue weighted by Crippen LogP contribution is -2.47. The van der Waals surface area contributed by atoms with E-state index in [2.05, 4.69) is 45.5 Å². The molecular formula is C25H22BrNO3. The molecule has 0 radical (unpaired) electrons. The lowest BCUT2D eigenvalue weighted by atomic mass is 9.93. The van der Waals surface area contributed by atoms with Crippen molar-refractivity contribution in [1.29, 1.82) is 0 Å². The van der Waals surface area contributed by atoms with E-state index < -0.39 is 11.6 Å². The molecule has 0 heterocycles. The number of halogens is 1. The summed E-state index contributed by atoms with van der Waals surface area (Å²) in [5, 5.41) is 13.1. The van der Waals surface area contributed by atoms with Gasteiger partial charge in [-0.25, -0.2) is 4.79 Å². The molecule has 0 aromatic heterocycles. The van der Waals surface area contributed by atoms with E-state index in [1.165, 1.54) is 22.3 Å². The third kappa shape index (κ3) is 3.13. The molecule has 0 fully saturated rings. The lowest BCUT2D eigenvalue weighted by Gasteiger charge is -2.29. The van der Waals surface area contributed by atoms with Gasteiger partial charge in [0.05, 0.1) is 12.1 Å². The number of carbonyl (C=O) groups excluding carboxylic acids is 1. The van der Waals surface area contributed by atoms with Crippen molar-refractivity contribution < 1.29 is 14.6 Å². The Bertz CT molecular complexity index is 1080. The molecule has 3 aromatic carbocycles. The van der Waals surface area contributed by atoms with Crippen LogP contribution in [0.15, 0.2) is 71.2 Å². The predicted molar refractivity (Wildman–Crippen MR) is 119 cm³/mol. The summed E-state index contributed by atoms with van der Waals surface area (Å²) in [5.74, 6) is 0.0139. The standard InChI is InChI=1S/C25H22BrNO3/c26-17-9-10-23-16(13-17)11-12-25(23,15-28)27-24(29)30-14-22-20-7-3-1-5-18(20)19-6-2-4-8-21(19)22/h1-10,13,22,28H,11-12,14-15H2,(H,27,29). The van der Waals surface area contributed by atoms with Crippen LogP contribution >= 0.6 is 15.9 Å². The maximum atomic E-state index is 12.8. The first-order chi connectivity index (χ1) is 14.6. The number of ether oxygens (including phenoxy) is 1. The maximum Gasteiger partial charge on any atom is 0.407 e. The maximum absolute atomic E-state index is 12.8. The van der Waals surface area contributed by atoms with Gasteiger partial charge in [-0.05, 0) is 58.4 Å². The van der Waals surface area contributed by atoms with Crippen LogP contribution in [0.4, 0.5) is 4.79 Å².